The molecule has 12 heteroatoms. The number of carbonyl (C=O) groups excluding carboxylic acids is 4. The molecule has 0 bridgehead atoms. The second kappa shape index (κ2) is 10.8. The number of anilines is 1. The Morgan fingerprint density at radius 3 is 2.59 bits per heavy atom. The van der Waals surface area contributed by atoms with Crippen LogP contribution in [0.1, 0.15) is 62.0 Å². The number of nitrogens with one attached hydrogen (secondary N) is 2. The van der Waals surface area contributed by atoms with E-state index in [1.54, 1.807) is 12.1 Å². The zero-order valence-corrected chi connectivity index (χ0v) is 23.5. The topological polar surface area (TPSA) is 135 Å². The van der Waals surface area contributed by atoms with Crippen LogP contribution in [0.15, 0.2) is 12.1 Å². The Bertz CT molecular complexity index is 1300. The normalized spacial score (nSPS) is 22.9. The molecular formula is C27H36N6O5S. The predicted octanol–water partition coefficient (Wildman–Crippen LogP) is 2.39. The van der Waals surface area contributed by atoms with Crippen LogP contribution in [0.5, 0.6) is 0 Å². The minimum atomic E-state index is -0.622. The van der Waals surface area contributed by atoms with E-state index in [-0.39, 0.29) is 42.8 Å². The van der Waals surface area contributed by atoms with Gasteiger partial charge in [-0.25, -0.2) is 9.78 Å². The number of aliphatic hydroxyl groups is 1. The van der Waals surface area contributed by atoms with Crippen molar-refractivity contribution in [2.75, 3.05) is 38.5 Å². The van der Waals surface area contributed by atoms with Crippen LogP contribution in [0.3, 0.4) is 0 Å². The van der Waals surface area contributed by atoms with E-state index in [0.29, 0.717) is 46.1 Å². The van der Waals surface area contributed by atoms with Gasteiger partial charge in [-0.15, -0.1) is 0 Å². The average Bonchev–Trinajstić information content (AvgIpc) is 3.40. The largest absolute Gasteiger partial charge is 0.390 e. The summed E-state index contributed by atoms with van der Waals surface area (Å²) in [5.74, 6) is -0.260. The van der Waals surface area contributed by atoms with E-state index in [4.69, 9.17) is 0 Å². The summed E-state index contributed by atoms with van der Waals surface area (Å²) in [5.41, 5.74) is 0.284. The number of aromatic nitrogens is 1. The predicted molar refractivity (Wildman–Crippen MR) is 147 cm³/mol. The lowest BCUT2D eigenvalue weighted by atomic mass is 9.77. The van der Waals surface area contributed by atoms with Crippen molar-refractivity contribution in [1.29, 1.82) is 0 Å². The Kier molecular flexibility index (Phi) is 7.62. The van der Waals surface area contributed by atoms with E-state index in [1.807, 2.05) is 18.7 Å². The highest BCUT2D eigenvalue weighted by Crippen LogP contribution is 2.43. The summed E-state index contributed by atoms with van der Waals surface area (Å²) in [4.78, 5) is 62.4. The van der Waals surface area contributed by atoms with Gasteiger partial charge in [-0.2, -0.15) is 0 Å². The van der Waals surface area contributed by atoms with Crippen LogP contribution >= 0.6 is 11.3 Å². The second-order valence-corrected chi connectivity index (χ2v) is 12.0. The van der Waals surface area contributed by atoms with E-state index in [1.165, 1.54) is 23.3 Å². The summed E-state index contributed by atoms with van der Waals surface area (Å²) < 4.78 is 0. The fraction of sp³-hybridized carbons (Fsp3) is 0.593. The first-order valence-corrected chi connectivity index (χ1v) is 14.4. The minimum absolute atomic E-state index is 0.0294. The molecule has 3 aliphatic heterocycles. The zero-order chi connectivity index (χ0) is 27.9. The van der Waals surface area contributed by atoms with Gasteiger partial charge in [0.05, 0.1) is 23.3 Å². The number of fused-ring (bicyclic) bond motifs is 1. The summed E-state index contributed by atoms with van der Waals surface area (Å²) in [5, 5.41) is 15.8. The molecule has 3 fully saturated rings. The molecule has 210 valence electrons. The highest BCUT2D eigenvalue weighted by Gasteiger charge is 2.54. The van der Waals surface area contributed by atoms with Crippen molar-refractivity contribution < 1.29 is 24.3 Å². The third kappa shape index (κ3) is 5.01. The molecule has 1 unspecified atom stereocenters. The van der Waals surface area contributed by atoms with E-state index in [2.05, 4.69) is 20.5 Å². The molecule has 2 aromatic heterocycles. The molecule has 5 amide bonds. The first-order valence-electron chi connectivity index (χ1n) is 13.6. The highest BCUT2D eigenvalue weighted by atomic mass is 32.1. The number of pyridine rings is 1. The molecule has 0 aliphatic carbocycles. The smallest absolute Gasteiger partial charge is 0.319 e. The van der Waals surface area contributed by atoms with Crippen LogP contribution in [-0.2, 0) is 16.2 Å². The van der Waals surface area contributed by atoms with Gasteiger partial charge in [-0.1, -0.05) is 11.3 Å². The summed E-state index contributed by atoms with van der Waals surface area (Å²) in [6, 6.07) is 3.14. The third-order valence-corrected chi connectivity index (χ3v) is 9.28. The molecule has 3 aliphatic rings. The van der Waals surface area contributed by atoms with Gasteiger partial charge in [-0.3, -0.25) is 29.5 Å². The number of hydrogen-bond donors (Lipinski definition) is 3. The number of hydrogen-bond acceptors (Lipinski definition) is 8. The number of carbonyl (C=O) groups is 4. The van der Waals surface area contributed by atoms with Crippen LogP contribution < -0.4 is 10.6 Å². The van der Waals surface area contributed by atoms with Gasteiger partial charge in [0.2, 0.25) is 11.8 Å². The lowest BCUT2D eigenvalue weighted by Gasteiger charge is -2.45. The zero-order valence-electron chi connectivity index (χ0n) is 22.7. The number of thiophene rings is 1. The molecule has 11 nitrogen and oxygen atoms in total. The Labute approximate surface area is 231 Å². The Balaban J connectivity index is 1.30. The van der Waals surface area contributed by atoms with Crippen LogP contribution in [-0.4, -0.2) is 93.9 Å². The lowest BCUT2D eigenvalue weighted by molar-refractivity contribution is -0.145. The molecule has 5 heterocycles. The minimum Gasteiger partial charge on any atom is -0.390 e. The van der Waals surface area contributed by atoms with Gasteiger partial charge < -0.3 is 15.3 Å². The molecule has 2 aromatic rings. The maximum absolute atomic E-state index is 13.8. The van der Waals surface area contributed by atoms with E-state index in [9.17, 15) is 24.3 Å². The Hall–Kier alpha value is -3.09. The number of urea groups is 1. The molecule has 0 radical (unpaired) electrons. The van der Waals surface area contributed by atoms with Crippen molar-refractivity contribution in [2.45, 2.75) is 64.6 Å². The summed E-state index contributed by atoms with van der Waals surface area (Å²) in [6.07, 6.45) is 3.45. The van der Waals surface area contributed by atoms with Crippen LogP contribution in [0.4, 0.5) is 9.80 Å². The monoisotopic (exact) mass is 556 g/mol. The Morgan fingerprint density at radius 1 is 1.21 bits per heavy atom. The van der Waals surface area contributed by atoms with Crippen molar-refractivity contribution in [3.8, 4) is 0 Å². The molecule has 3 N–H and O–H groups in total. The fourth-order valence-corrected chi connectivity index (χ4v) is 7.38. The summed E-state index contributed by atoms with van der Waals surface area (Å²) >= 11 is 1.21. The van der Waals surface area contributed by atoms with Gasteiger partial charge in [0.1, 0.15) is 9.83 Å². The average molecular weight is 557 g/mol. The van der Waals surface area contributed by atoms with Crippen molar-refractivity contribution in [1.82, 2.24) is 25.0 Å². The molecule has 3 saturated heterocycles. The van der Waals surface area contributed by atoms with Crippen molar-refractivity contribution in [3.63, 3.8) is 0 Å². The number of likely N-dealkylation sites (tertiary alicyclic amines) is 3. The quantitative estimate of drug-likeness (QED) is 0.481. The maximum atomic E-state index is 13.8. The molecule has 0 aromatic carbocycles. The number of amides is 5. The summed E-state index contributed by atoms with van der Waals surface area (Å²) in [6.45, 7) is 6.14. The number of rotatable bonds is 5. The second-order valence-electron chi connectivity index (χ2n) is 11.0. The maximum Gasteiger partial charge on any atom is 0.319 e. The van der Waals surface area contributed by atoms with Crippen LogP contribution in [0, 0.1) is 5.41 Å². The third-order valence-electron chi connectivity index (χ3n) is 8.26. The van der Waals surface area contributed by atoms with E-state index >= 15 is 0 Å². The molecule has 39 heavy (non-hydrogen) atoms. The van der Waals surface area contributed by atoms with Crippen molar-refractivity contribution in [2.24, 2.45) is 5.41 Å². The number of nitrogens with zero attached hydrogens (tertiary/aromatic N) is 4. The number of imide groups is 1. The fourth-order valence-electron chi connectivity index (χ4n) is 6.30. The highest BCUT2D eigenvalue weighted by molar-refractivity contribution is 7.23. The van der Waals surface area contributed by atoms with Crippen LogP contribution in [0.25, 0.3) is 10.2 Å². The molecular weight excluding hydrogens is 520 g/mol. The molecule has 5 rings (SSSR count). The number of aliphatic hydroxyl groups excluding tert-OH is 1. The van der Waals surface area contributed by atoms with Crippen molar-refractivity contribution in [3.05, 3.63) is 23.4 Å². The molecule has 1 spiro atoms. The van der Waals surface area contributed by atoms with Gasteiger partial charge in [0, 0.05) is 50.6 Å². The lowest BCUT2D eigenvalue weighted by Crippen LogP contribution is -2.54. The Morgan fingerprint density at radius 2 is 1.95 bits per heavy atom. The number of piperidine rings is 2. The van der Waals surface area contributed by atoms with Crippen LogP contribution in [0.2, 0.25) is 0 Å². The summed E-state index contributed by atoms with van der Waals surface area (Å²) in [7, 11) is 1.51. The molecule has 0 saturated carbocycles. The van der Waals surface area contributed by atoms with Crippen molar-refractivity contribution >= 4 is 50.3 Å². The first-order chi connectivity index (χ1) is 18.7. The van der Waals surface area contributed by atoms with E-state index in [0.717, 1.165) is 32.2 Å². The molecule has 1 atom stereocenters. The van der Waals surface area contributed by atoms with E-state index < -0.39 is 11.4 Å². The van der Waals surface area contributed by atoms with Gasteiger partial charge in [0.25, 0.3) is 5.91 Å². The first kappa shape index (κ1) is 27.5. The van der Waals surface area contributed by atoms with Gasteiger partial charge in [0.15, 0.2) is 0 Å². The van der Waals surface area contributed by atoms with Gasteiger partial charge in [-0.05, 0) is 58.2 Å². The SMILES string of the molecule is CNC(=O)Nc1sc2nc(CO)ccc2c1C(=O)N1CCC(N2CCCC3(CC(=O)N(C(C)C)C3=O)C2)CC1. The van der Waals surface area contributed by atoms with Gasteiger partial charge >= 0.3 is 6.03 Å². The standard InChI is InChI=1S/C27H36N6O5S/c1-16(2)33-20(35)13-27(25(33)37)9-4-10-32(15-27)18-7-11-31(12-8-18)24(36)21-19-6-5-17(14-34)29-22(19)39-23(21)30-26(38)28-3/h5-6,16,18,34H,4,7-15H2,1-3H3,(H2,28,30,38).